The number of aromatic nitrogens is 2. The summed E-state index contributed by atoms with van der Waals surface area (Å²) in [6.45, 7) is 2.62. The van der Waals surface area contributed by atoms with E-state index in [9.17, 15) is 19.8 Å². The zero-order valence-electron chi connectivity index (χ0n) is 17.3. The van der Waals surface area contributed by atoms with Crippen molar-refractivity contribution in [3.05, 3.63) is 51.4 Å². The highest BCUT2D eigenvalue weighted by atomic mass is 16.4. The van der Waals surface area contributed by atoms with Crippen LogP contribution in [-0.2, 0) is 20.0 Å². The minimum absolute atomic E-state index is 0.390. The minimum Gasteiger partial charge on any atom is -0.506 e. The van der Waals surface area contributed by atoms with Gasteiger partial charge >= 0.3 is 5.97 Å². The number of nitrogens with one attached hydrogen (secondary N) is 2. The van der Waals surface area contributed by atoms with Crippen molar-refractivity contribution in [3.8, 4) is 17.0 Å². The van der Waals surface area contributed by atoms with Gasteiger partial charge in [-0.3, -0.25) is 4.79 Å². The van der Waals surface area contributed by atoms with Crippen molar-refractivity contribution in [2.75, 3.05) is 0 Å². The number of aromatic amines is 1. The zero-order chi connectivity index (χ0) is 21.4. The summed E-state index contributed by atoms with van der Waals surface area (Å²) in [7, 11) is 2.04. The quantitative estimate of drug-likeness (QED) is 0.498. The second kappa shape index (κ2) is 7.99. The van der Waals surface area contributed by atoms with Gasteiger partial charge in [0.15, 0.2) is 5.56 Å². The van der Waals surface area contributed by atoms with Crippen LogP contribution in [0.15, 0.2) is 29.1 Å². The molecule has 1 aliphatic rings. The Balaban J connectivity index is 1.73. The van der Waals surface area contributed by atoms with Crippen LogP contribution in [0.2, 0.25) is 0 Å². The van der Waals surface area contributed by atoms with Gasteiger partial charge in [-0.2, -0.15) is 0 Å². The molecule has 2 heterocycles. The van der Waals surface area contributed by atoms with Crippen LogP contribution in [0.5, 0.6) is 5.75 Å². The third-order valence-electron chi connectivity index (χ3n) is 6.21. The van der Waals surface area contributed by atoms with Gasteiger partial charge in [0.25, 0.3) is 5.56 Å². The second-order valence-electron chi connectivity index (χ2n) is 8.02. The van der Waals surface area contributed by atoms with E-state index in [1.54, 1.807) is 0 Å². The third-order valence-corrected chi connectivity index (χ3v) is 6.21. The number of carbonyl (C=O) groups is 1. The van der Waals surface area contributed by atoms with E-state index < -0.39 is 22.8 Å². The molecule has 0 unspecified atom stereocenters. The van der Waals surface area contributed by atoms with Gasteiger partial charge in [0, 0.05) is 41.8 Å². The summed E-state index contributed by atoms with van der Waals surface area (Å²) in [5.74, 6) is -1.90. The molecule has 4 rings (SSSR count). The summed E-state index contributed by atoms with van der Waals surface area (Å²) >= 11 is 0. The fourth-order valence-corrected chi connectivity index (χ4v) is 4.53. The van der Waals surface area contributed by atoms with Crippen LogP contribution < -0.4 is 10.9 Å². The largest absolute Gasteiger partial charge is 0.506 e. The lowest BCUT2D eigenvalue weighted by Crippen LogP contribution is -2.26. The van der Waals surface area contributed by atoms with E-state index in [0.717, 1.165) is 23.0 Å². The molecule has 1 fully saturated rings. The molecule has 0 bridgehead atoms. The van der Waals surface area contributed by atoms with Gasteiger partial charge in [-0.15, -0.1) is 0 Å². The molecule has 2 aromatic heterocycles. The summed E-state index contributed by atoms with van der Waals surface area (Å²) in [4.78, 5) is 26.3. The highest BCUT2D eigenvalue weighted by molar-refractivity contribution is 5.92. The number of carboxylic acid groups (broad SMARTS) is 1. The average Bonchev–Trinajstić information content (AvgIpc) is 3.33. The molecule has 0 spiro atoms. The minimum atomic E-state index is -1.44. The highest BCUT2D eigenvalue weighted by Gasteiger charge is 2.22. The summed E-state index contributed by atoms with van der Waals surface area (Å²) in [5, 5.41) is 24.3. The number of rotatable bonds is 6. The van der Waals surface area contributed by atoms with Crippen LogP contribution >= 0.6 is 0 Å². The Morgan fingerprint density at radius 1 is 1.27 bits per heavy atom. The Morgan fingerprint density at radius 2 is 2.00 bits per heavy atom. The van der Waals surface area contributed by atoms with Crippen molar-refractivity contribution >= 4 is 16.9 Å². The number of H-pyrrole nitrogens is 1. The maximum absolute atomic E-state index is 12.3. The normalized spacial score (nSPS) is 14.6. The van der Waals surface area contributed by atoms with Crippen LogP contribution in [0, 0.1) is 0 Å². The van der Waals surface area contributed by atoms with Gasteiger partial charge in [-0.05, 0) is 43.0 Å². The van der Waals surface area contributed by atoms with Crippen LogP contribution in [0.4, 0.5) is 0 Å². The number of hydrogen-bond acceptors (Lipinski definition) is 4. The maximum atomic E-state index is 12.3. The van der Waals surface area contributed by atoms with Gasteiger partial charge in [0.2, 0.25) is 0 Å². The Hall–Kier alpha value is -3.06. The van der Waals surface area contributed by atoms with Crippen LogP contribution in [0.3, 0.4) is 0 Å². The average molecular weight is 409 g/mol. The lowest BCUT2D eigenvalue weighted by molar-refractivity contribution is 0.0691. The molecule has 158 valence electrons. The molecule has 1 aliphatic carbocycles. The van der Waals surface area contributed by atoms with E-state index in [2.05, 4.69) is 20.9 Å². The van der Waals surface area contributed by atoms with E-state index in [1.807, 2.05) is 32.2 Å². The molecule has 7 heteroatoms. The fraction of sp³-hybridized carbons (Fsp3) is 0.391. The predicted molar refractivity (Wildman–Crippen MR) is 116 cm³/mol. The van der Waals surface area contributed by atoms with Crippen molar-refractivity contribution in [3.63, 3.8) is 0 Å². The lowest BCUT2D eigenvalue weighted by atomic mass is 9.99. The number of benzene rings is 1. The molecule has 0 aliphatic heterocycles. The molecule has 30 heavy (non-hydrogen) atoms. The first-order valence-corrected chi connectivity index (χ1v) is 10.4. The molecule has 0 saturated heterocycles. The summed E-state index contributed by atoms with van der Waals surface area (Å²) < 4.78 is 2.16. The molecule has 3 aromatic rings. The number of hydrogen-bond donors (Lipinski definition) is 4. The number of aromatic carboxylic acids is 1. The first-order valence-electron chi connectivity index (χ1n) is 10.4. The first-order chi connectivity index (χ1) is 14.4. The van der Waals surface area contributed by atoms with Crippen molar-refractivity contribution in [1.82, 2.24) is 14.9 Å². The van der Waals surface area contributed by atoms with Crippen LogP contribution in [0.25, 0.3) is 22.2 Å². The molecular formula is C23H27N3O4. The van der Waals surface area contributed by atoms with Gasteiger partial charge in [0.05, 0.1) is 5.69 Å². The fourth-order valence-electron chi connectivity index (χ4n) is 4.53. The van der Waals surface area contributed by atoms with E-state index >= 15 is 0 Å². The van der Waals surface area contributed by atoms with Gasteiger partial charge in [0.1, 0.15) is 5.75 Å². The van der Waals surface area contributed by atoms with Gasteiger partial charge < -0.3 is 25.1 Å². The van der Waals surface area contributed by atoms with Crippen molar-refractivity contribution in [2.45, 2.75) is 51.6 Å². The SMILES string of the molecule is CCc1c(-c2ccc3c(c2)cc(CNC2CCCC2)n3C)[nH]c(=O)c(C(=O)O)c1O. The smallest absolute Gasteiger partial charge is 0.345 e. The summed E-state index contributed by atoms with van der Waals surface area (Å²) in [5.41, 5.74) is 2.46. The first kappa shape index (κ1) is 20.2. The zero-order valence-corrected chi connectivity index (χ0v) is 17.3. The molecule has 4 N–H and O–H groups in total. The predicted octanol–water partition coefficient (Wildman–Crippen LogP) is 3.53. The molecule has 1 aromatic carbocycles. The number of fused-ring (bicyclic) bond motifs is 1. The Morgan fingerprint density at radius 3 is 2.67 bits per heavy atom. The van der Waals surface area contributed by atoms with Crippen molar-refractivity contribution in [1.29, 1.82) is 0 Å². The number of nitrogens with zero attached hydrogens (tertiary/aromatic N) is 1. The maximum Gasteiger partial charge on any atom is 0.345 e. The monoisotopic (exact) mass is 409 g/mol. The van der Waals surface area contributed by atoms with E-state index in [1.165, 1.54) is 31.4 Å². The Bertz CT molecular complexity index is 1170. The number of aryl methyl sites for hydroxylation is 1. The van der Waals surface area contributed by atoms with Crippen molar-refractivity contribution < 1.29 is 15.0 Å². The standard InChI is InChI=1S/C23H27N3O4/c1-3-17-20(25-22(28)19(21(17)27)23(29)30)13-8-9-18-14(10-13)11-16(26(18)2)12-24-15-6-4-5-7-15/h8-11,15,24H,3-7,12H2,1-2H3,(H,29,30)(H2,25,27,28). The van der Waals surface area contributed by atoms with Gasteiger partial charge in [-0.1, -0.05) is 25.8 Å². The van der Waals surface area contributed by atoms with Crippen LogP contribution in [0.1, 0.15) is 54.2 Å². The molecule has 7 nitrogen and oxygen atoms in total. The summed E-state index contributed by atoms with van der Waals surface area (Å²) in [6.07, 6.45) is 5.44. The van der Waals surface area contributed by atoms with E-state index in [4.69, 9.17) is 0 Å². The van der Waals surface area contributed by atoms with E-state index in [-0.39, 0.29) is 0 Å². The summed E-state index contributed by atoms with van der Waals surface area (Å²) in [6, 6.07) is 8.57. The van der Waals surface area contributed by atoms with Crippen molar-refractivity contribution in [2.24, 2.45) is 7.05 Å². The number of carboxylic acids is 1. The molecular weight excluding hydrogens is 382 g/mol. The molecule has 0 amide bonds. The molecule has 0 atom stereocenters. The van der Waals surface area contributed by atoms with E-state index in [0.29, 0.717) is 23.7 Å². The Kier molecular flexibility index (Phi) is 5.39. The Labute approximate surface area is 174 Å². The second-order valence-corrected chi connectivity index (χ2v) is 8.02. The molecule has 0 radical (unpaired) electrons. The molecule has 1 saturated carbocycles. The highest BCUT2D eigenvalue weighted by Crippen LogP contribution is 2.32. The van der Waals surface area contributed by atoms with Gasteiger partial charge in [-0.25, -0.2) is 4.79 Å². The van der Waals surface area contributed by atoms with Crippen LogP contribution in [-0.4, -0.2) is 31.8 Å². The third kappa shape index (κ3) is 3.50. The topological polar surface area (TPSA) is 107 Å². The number of pyridine rings is 1. The number of aromatic hydroxyl groups is 1. The lowest BCUT2D eigenvalue weighted by Gasteiger charge is -2.13.